The largest absolute Gasteiger partial charge is 0.0683 e. The molecule has 0 atom stereocenters. The molecule has 0 fully saturated rings. The molecule has 0 unspecified atom stereocenters. The maximum atomic E-state index is 2.40. The molecule has 16 heavy (non-hydrogen) atoms. The van der Waals surface area contributed by atoms with E-state index in [4.69, 9.17) is 0 Å². The lowest BCUT2D eigenvalue weighted by Gasteiger charge is -2.25. The van der Waals surface area contributed by atoms with E-state index in [1.165, 1.54) is 51.4 Å². The molecule has 0 N–H and O–H groups in total. The van der Waals surface area contributed by atoms with Crippen molar-refractivity contribution in [3.05, 3.63) is 34.4 Å². The molecule has 88 valence electrons. The van der Waals surface area contributed by atoms with E-state index in [9.17, 15) is 0 Å². The van der Waals surface area contributed by atoms with Crippen molar-refractivity contribution in [2.45, 2.75) is 65.2 Å². The Kier molecular flexibility index (Phi) is 4.04. The minimum Gasteiger partial charge on any atom is -0.0683 e. The molecule has 1 aromatic carbocycles. The first-order valence-corrected chi connectivity index (χ1v) is 7.07. The van der Waals surface area contributed by atoms with Crippen molar-refractivity contribution in [1.29, 1.82) is 0 Å². The van der Waals surface area contributed by atoms with E-state index in [2.05, 4.69) is 12.1 Å². The van der Waals surface area contributed by atoms with Gasteiger partial charge >= 0.3 is 0 Å². The van der Waals surface area contributed by atoms with Gasteiger partial charge in [-0.2, -0.15) is 0 Å². The summed E-state index contributed by atoms with van der Waals surface area (Å²) in [6.07, 6.45) is 11.0. The molecule has 2 aliphatic rings. The van der Waals surface area contributed by atoms with Gasteiger partial charge in [0.2, 0.25) is 0 Å². The zero-order valence-corrected chi connectivity index (χ0v) is 10.8. The van der Waals surface area contributed by atoms with Crippen LogP contribution in [-0.4, -0.2) is 0 Å². The van der Waals surface area contributed by atoms with Crippen LogP contribution >= 0.6 is 0 Å². The van der Waals surface area contributed by atoms with Gasteiger partial charge in [-0.25, -0.2) is 0 Å². The number of benzene rings is 1. The van der Waals surface area contributed by atoms with E-state index < -0.39 is 0 Å². The van der Waals surface area contributed by atoms with Crippen LogP contribution in [0.3, 0.4) is 0 Å². The van der Waals surface area contributed by atoms with Crippen molar-refractivity contribution in [2.24, 2.45) is 0 Å². The van der Waals surface area contributed by atoms with Gasteiger partial charge in [-0.15, -0.1) is 0 Å². The molecule has 2 aliphatic carbocycles. The third-order valence-electron chi connectivity index (χ3n) is 3.87. The topological polar surface area (TPSA) is 0 Å². The molecule has 0 amide bonds. The zero-order chi connectivity index (χ0) is 11.4. The van der Waals surface area contributed by atoms with Crippen LogP contribution in [0.2, 0.25) is 0 Å². The molecular formula is C16H24. The summed E-state index contributed by atoms with van der Waals surface area (Å²) in [5, 5.41) is 0. The second-order valence-corrected chi connectivity index (χ2v) is 4.76. The van der Waals surface area contributed by atoms with E-state index >= 15 is 0 Å². The Morgan fingerprint density at radius 3 is 1.44 bits per heavy atom. The van der Waals surface area contributed by atoms with Gasteiger partial charge in [0.25, 0.3) is 0 Å². The second-order valence-electron chi connectivity index (χ2n) is 4.76. The lowest BCUT2D eigenvalue weighted by atomic mass is 9.81. The summed E-state index contributed by atoms with van der Waals surface area (Å²) in [5.74, 6) is 0. The Labute approximate surface area is 100 Å². The van der Waals surface area contributed by atoms with E-state index in [0.717, 1.165) is 0 Å². The van der Waals surface area contributed by atoms with Gasteiger partial charge in [0, 0.05) is 0 Å². The number of fused-ring (bicyclic) bond motifs is 3. The average molecular weight is 216 g/mol. The summed E-state index contributed by atoms with van der Waals surface area (Å²) in [7, 11) is 0. The summed E-state index contributed by atoms with van der Waals surface area (Å²) in [6.45, 7) is 4.00. The standard InChI is InChI=1S/C14H18.C2H6/c1-3-7-13-11(5-1)9-10-12-6-2-4-8-14(12)13;1-2/h9-10H,1-8H2;1-2H3. The van der Waals surface area contributed by atoms with Crippen molar-refractivity contribution < 1.29 is 0 Å². The lowest BCUT2D eigenvalue weighted by Crippen LogP contribution is -2.12. The van der Waals surface area contributed by atoms with Crippen molar-refractivity contribution >= 4 is 0 Å². The van der Waals surface area contributed by atoms with E-state index in [1.807, 2.05) is 13.8 Å². The molecule has 3 rings (SSSR count). The number of hydrogen-bond donors (Lipinski definition) is 0. The van der Waals surface area contributed by atoms with E-state index in [-0.39, 0.29) is 0 Å². The first-order chi connectivity index (χ1) is 7.95. The number of hydrogen-bond acceptors (Lipinski definition) is 0. The normalized spacial score (nSPS) is 17.9. The van der Waals surface area contributed by atoms with Gasteiger partial charge in [-0.05, 0) is 73.6 Å². The van der Waals surface area contributed by atoms with Crippen molar-refractivity contribution in [3.63, 3.8) is 0 Å². The van der Waals surface area contributed by atoms with E-state index in [1.54, 1.807) is 22.3 Å². The summed E-state index contributed by atoms with van der Waals surface area (Å²) in [5.41, 5.74) is 6.82. The fourth-order valence-corrected chi connectivity index (χ4v) is 3.12. The molecule has 0 saturated carbocycles. The van der Waals surface area contributed by atoms with Crippen LogP contribution in [0.15, 0.2) is 12.1 Å². The van der Waals surface area contributed by atoms with Gasteiger partial charge in [0.05, 0.1) is 0 Å². The molecule has 1 aromatic rings. The molecular weight excluding hydrogens is 192 g/mol. The maximum Gasteiger partial charge on any atom is -0.0273 e. The van der Waals surface area contributed by atoms with Crippen molar-refractivity contribution in [3.8, 4) is 0 Å². The minimum absolute atomic E-state index is 1.34. The molecule has 0 nitrogen and oxygen atoms in total. The Balaban J connectivity index is 0.000000457. The third kappa shape index (κ3) is 2.16. The first-order valence-electron chi connectivity index (χ1n) is 7.07. The molecule has 0 spiro atoms. The van der Waals surface area contributed by atoms with Gasteiger partial charge < -0.3 is 0 Å². The Morgan fingerprint density at radius 2 is 1.00 bits per heavy atom. The minimum atomic E-state index is 1.34. The first kappa shape index (κ1) is 11.7. The summed E-state index contributed by atoms with van der Waals surface area (Å²) < 4.78 is 0. The fraction of sp³-hybridized carbons (Fsp3) is 0.625. The molecule has 0 aromatic heterocycles. The number of aryl methyl sites for hydroxylation is 2. The van der Waals surface area contributed by atoms with E-state index in [0.29, 0.717) is 0 Å². The second kappa shape index (κ2) is 5.52. The molecule has 0 heterocycles. The van der Waals surface area contributed by atoms with Gasteiger partial charge in [0.15, 0.2) is 0 Å². The van der Waals surface area contributed by atoms with Gasteiger partial charge in [0.1, 0.15) is 0 Å². The van der Waals surface area contributed by atoms with Crippen molar-refractivity contribution in [1.82, 2.24) is 0 Å². The molecule has 0 saturated heterocycles. The Bertz CT molecular complexity index is 314. The molecule has 0 heteroatoms. The van der Waals surface area contributed by atoms with Crippen LogP contribution < -0.4 is 0 Å². The maximum absolute atomic E-state index is 2.40. The monoisotopic (exact) mass is 216 g/mol. The highest BCUT2D eigenvalue weighted by Gasteiger charge is 2.18. The highest BCUT2D eigenvalue weighted by Crippen LogP contribution is 2.31. The molecule has 0 aliphatic heterocycles. The highest BCUT2D eigenvalue weighted by molar-refractivity contribution is 5.43. The van der Waals surface area contributed by atoms with Crippen LogP contribution in [0.1, 0.15) is 61.8 Å². The highest BCUT2D eigenvalue weighted by atomic mass is 14.2. The predicted octanol–water partition coefficient (Wildman–Crippen LogP) is 4.47. The molecule has 0 bridgehead atoms. The SMILES string of the molecule is CC.c1cc2c(c3c1CCCC3)CCCC2. The average Bonchev–Trinajstić information content (AvgIpc) is 2.41. The summed E-state index contributed by atoms with van der Waals surface area (Å²) >= 11 is 0. The predicted molar refractivity (Wildman–Crippen MR) is 71.1 cm³/mol. The summed E-state index contributed by atoms with van der Waals surface area (Å²) in [6, 6.07) is 4.80. The van der Waals surface area contributed by atoms with Crippen LogP contribution in [0.5, 0.6) is 0 Å². The van der Waals surface area contributed by atoms with Crippen LogP contribution in [0, 0.1) is 0 Å². The third-order valence-corrected chi connectivity index (χ3v) is 3.87. The van der Waals surface area contributed by atoms with Crippen LogP contribution in [0.4, 0.5) is 0 Å². The zero-order valence-electron chi connectivity index (χ0n) is 10.8. The fourth-order valence-electron chi connectivity index (χ4n) is 3.12. The summed E-state index contributed by atoms with van der Waals surface area (Å²) in [4.78, 5) is 0. The van der Waals surface area contributed by atoms with Gasteiger partial charge in [-0.1, -0.05) is 26.0 Å². The molecule has 0 radical (unpaired) electrons. The Morgan fingerprint density at radius 1 is 0.625 bits per heavy atom. The quantitative estimate of drug-likeness (QED) is 0.600. The smallest absolute Gasteiger partial charge is 0.0273 e. The van der Waals surface area contributed by atoms with Gasteiger partial charge in [-0.3, -0.25) is 0 Å². The van der Waals surface area contributed by atoms with Crippen LogP contribution in [-0.2, 0) is 25.7 Å². The number of rotatable bonds is 0. The van der Waals surface area contributed by atoms with Crippen LogP contribution in [0.25, 0.3) is 0 Å². The Hall–Kier alpha value is -0.780. The van der Waals surface area contributed by atoms with Crippen molar-refractivity contribution in [2.75, 3.05) is 0 Å². The lowest BCUT2D eigenvalue weighted by molar-refractivity contribution is 0.640.